The van der Waals surface area contributed by atoms with Crippen LogP contribution < -0.4 is 15.4 Å². The van der Waals surface area contributed by atoms with Crippen LogP contribution in [0.5, 0.6) is 6.01 Å². The van der Waals surface area contributed by atoms with Gasteiger partial charge in [-0.1, -0.05) is 39.2 Å². The number of pyridine rings is 1. The van der Waals surface area contributed by atoms with E-state index in [4.69, 9.17) is 23.9 Å². The second-order valence-electron chi connectivity index (χ2n) is 12.4. The van der Waals surface area contributed by atoms with Crippen molar-refractivity contribution >= 4 is 17.7 Å². The van der Waals surface area contributed by atoms with Crippen LogP contribution in [0.25, 0.3) is 0 Å². The van der Waals surface area contributed by atoms with E-state index in [2.05, 4.69) is 46.6 Å². The molecule has 12 nitrogen and oxygen atoms in total. The van der Waals surface area contributed by atoms with Crippen LogP contribution in [0.1, 0.15) is 94.4 Å². The summed E-state index contributed by atoms with van der Waals surface area (Å²) in [6.07, 6.45) is 12.7. The summed E-state index contributed by atoms with van der Waals surface area (Å²) in [5, 5.41) is 15.6. The third kappa shape index (κ3) is 16.9. The molecule has 2 aromatic heterocycles. The minimum Gasteiger partial charge on any atom is -0.481 e. The highest BCUT2D eigenvalue weighted by atomic mass is 16.5. The molecule has 0 bridgehead atoms. The molecule has 1 aliphatic rings. The van der Waals surface area contributed by atoms with E-state index in [1.807, 2.05) is 0 Å². The lowest BCUT2D eigenvalue weighted by atomic mass is 9.92. The summed E-state index contributed by atoms with van der Waals surface area (Å²) < 4.78 is 22.0. The Morgan fingerprint density at radius 2 is 1.64 bits per heavy atom. The van der Waals surface area contributed by atoms with Crippen molar-refractivity contribution in [2.45, 2.75) is 90.4 Å². The molecule has 1 atom stereocenters. The summed E-state index contributed by atoms with van der Waals surface area (Å²) in [6.45, 7) is 8.92. The van der Waals surface area contributed by atoms with E-state index in [0.29, 0.717) is 45.5 Å². The van der Waals surface area contributed by atoms with E-state index >= 15 is 0 Å². The van der Waals surface area contributed by atoms with Gasteiger partial charge in [0.1, 0.15) is 12.4 Å². The van der Waals surface area contributed by atoms with Gasteiger partial charge in [0, 0.05) is 37.7 Å². The molecule has 0 fully saturated rings. The lowest BCUT2D eigenvalue weighted by Crippen LogP contribution is -2.29. The van der Waals surface area contributed by atoms with E-state index in [1.165, 1.54) is 5.56 Å². The van der Waals surface area contributed by atoms with Gasteiger partial charge in [-0.05, 0) is 67.6 Å². The number of nitrogens with zero attached hydrogens (tertiary/aromatic N) is 3. The molecule has 3 heterocycles. The Labute approximate surface area is 279 Å². The number of carbonyl (C=O) groups is 2. The molecule has 0 saturated heterocycles. The van der Waals surface area contributed by atoms with E-state index in [-0.39, 0.29) is 37.3 Å². The highest BCUT2D eigenvalue weighted by Crippen LogP contribution is 2.26. The summed E-state index contributed by atoms with van der Waals surface area (Å²) in [5.74, 6) is 0.551. The maximum Gasteiger partial charge on any atom is 0.316 e. The first-order valence-electron chi connectivity index (χ1n) is 17.3. The van der Waals surface area contributed by atoms with Crippen molar-refractivity contribution in [3.05, 3.63) is 41.3 Å². The van der Waals surface area contributed by atoms with Crippen molar-refractivity contribution in [1.82, 2.24) is 20.3 Å². The second kappa shape index (κ2) is 23.1. The highest BCUT2D eigenvalue weighted by molar-refractivity contribution is 5.75. The molecule has 12 heteroatoms. The number of anilines is 1. The van der Waals surface area contributed by atoms with Gasteiger partial charge in [-0.2, -0.15) is 0 Å². The SMILES string of the molecule is CC(C)CCOCCOCCOCCC(=O)NCCOc1ncc([C@@H](CCCCCCc2ccc3c(n2)NCCC3)CC(=O)O)cn1. The van der Waals surface area contributed by atoms with Crippen LogP contribution in [0.4, 0.5) is 5.82 Å². The topological polar surface area (TPSA) is 154 Å². The van der Waals surface area contributed by atoms with Crippen LogP contribution in [0.15, 0.2) is 24.5 Å². The van der Waals surface area contributed by atoms with Gasteiger partial charge in [-0.25, -0.2) is 15.0 Å². The molecular weight excluding hydrogens is 602 g/mol. The molecule has 0 unspecified atom stereocenters. The third-order valence-corrected chi connectivity index (χ3v) is 7.94. The molecule has 262 valence electrons. The smallest absolute Gasteiger partial charge is 0.316 e. The molecule has 0 aliphatic carbocycles. The standard InChI is InChI=1S/C35H55N5O7/c1-27(2)13-17-44-20-22-46-23-21-45-18-14-32(41)36-16-19-47-35-38-25-30(26-39-35)29(24-33(42)43)8-5-3-4-6-10-31-12-11-28-9-7-15-37-34(28)40-31/h11-12,25-27,29H,3-10,13-24H2,1-2H3,(H,36,41)(H,37,40)(H,42,43)/t29-/m0/s1. The Morgan fingerprint density at radius 3 is 2.38 bits per heavy atom. The van der Waals surface area contributed by atoms with Gasteiger partial charge < -0.3 is 34.7 Å². The van der Waals surface area contributed by atoms with Crippen molar-refractivity contribution in [2.75, 3.05) is 64.7 Å². The first-order chi connectivity index (χ1) is 22.9. The fourth-order valence-electron chi connectivity index (χ4n) is 5.21. The van der Waals surface area contributed by atoms with Crippen LogP contribution in [0, 0.1) is 5.92 Å². The average molecular weight is 658 g/mol. The van der Waals surface area contributed by atoms with Crippen LogP contribution in [-0.2, 0) is 36.6 Å². The summed E-state index contributed by atoms with van der Waals surface area (Å²) >= 11 is 0. The number of ether oxygens (including phenoxy) is 4. The predicted octanol–water partition coefficient (Wildman–Crippen LogP) is 4.96. The number of fused-ring (bicyclic) bond motifs is 1. The number of rotatable bonds is 26. The van der Waals surface area contributed by atoms with Crippen molar-refractivity contribution in [2.24, 2.45) is 5.92 Å². The maximum atomic E-state index is 12.0. The summed E-state index contributed by atoms with van der Waals surface area (Å²) in [5.41, 5.74) is 3.22. The van der Waals surface area contributed by atoms with Gasteiger partial charge in [-0.15, -0.1) is 0 Å². The van der Waals surface area contributed by atoms with Crippen molar-refractivity contribution in [3.63, 3.8) is 0 Å². The number of aryl methyl sites for hydroxylation is 2. The monoisotopic (exact) mass is 657 g/mol. The van der Waals surface area contributed by atoms with Gasteiger partial charge in [0.15, 0.2) is 0 Å². The zero-order valence-electron chi connectivity index (χ0n) is 28.3. The van der Waals surface area contributed by atoms with E-state index < -0.39 is 5.97 Å². The van der Waals surface area contributed by atoms with Gasteiger partial charge in [-0.3, -0.25) is 9.59 Å². The minimum atomic E-state index is -0.838. The highest BCUT2D eigenvalue weighted by Gasteiger charge is 2.17. The van der Waals surface area contributed by atoms with Crippen molar-refractivity contribution in [1.29, 1.82) is 0 Å². The number of hydrogen-bond acceptors (Lipinski definition) is 10. The number of amides is 1. The average Bonchev–Trinajstić information content (AvgIpc) is 3.06. The van der Waals surface area contributed by atoms with E-state index in [0.717, 1.165) is 88.0 Å². The maximum absolute atomic E-state index is 12.0. The molecule has 0 saturated carbocycles. The largest absolute Gasteiger partial charge is 0.481 e. The lowest BCUT2D eigenvalue weighted by Gasteiger charge is -2.17. The minimum absolute atomic E-state index is 0.0336. The van der Waals surface area contributed by atoms with E-state index in [1.54, 1.807) is 12.4 Å². The fourth-order valence-corrected chi connectivity index (χ4v) is 5.21. The zero-order chi connectivity index (χ0) is 33.5. The third-order valence-electron chi connectivity index (χ3n) is 7.94. The molecule has 3 N–H and O–H groups in total. The fraction of sp³-hybridized carbons (Fsp3) is 0.686. The van der Waals surface area contributed by atoms with Gasteiger partial charge >= 0.3 is 12.0 Å². The van der Waals surface area contributed by atoms with Crippen molar-refractivity contribution in [3.8, 4) is 6.01 Å². The molecule has 1 amide bonds. The number of nitrogens with one attached hydrogen (secondary N) is 2. The number of aliphatic carboxylic acids is 1. The van der Waals surface area contributed by atoms with Gasteiger partial charge in [0.2, 0.25) is 5.91 Å². The molecular formula is C35H55N5O7. The first kappa shape index (κ1) is 38.1. The zero-order valence-corrected chi connectivity index (χ0v) is 28.3. The number of aromatic nitrogens is 3. The molecule has 0 aromatic carbocycles. The van der Waals surface area contributed by atoms with E-state index in [9.17, 15) is 14.7 Å². The second-order valence-corrected chi connectivity index (χ2v) is 12.4. The number of carboxylic acid groups (broad SMARTS) is 1. The van der Waals surface area contributed by atoms with Gasteiger partial charge in [0.25, 0.3) is 0 Å². The molecule has 0 spiro atoms. The Bertz CT molecular complexity index is 1170. The lowest BCUT2D eigenvalue weighted by molar-refractivity contribution is -0.137. The number of carboxylic acids is 1. The summed E-state index contributed by atoms with van der Waals surface area (Å²) in [6, 6.07) is 4.53. The Balaban J connectivity index is 1.22. The quantitative estimate of drug-likeness (QED) is 0.118. The number of unbranched alkanes of at least 4 members (excludes halogenated alkanes) is 3. The molecule has 47 heavy (non-hydrogen) atoms. The predicted molar refractivity (Wildman–Crippen MR) is 180 cm³/mol. The normalized spacial score (nSPS) is 13.2. The Morgan fingerprint density at radius 1 is 0.915 bits per heavy atom. The number of carbonyl (C=O) groups excluding carboxylic acids is 1. The van der Waals surface area contributed by atoms with Crippen LogP contribution >= 0.6 is 0 Å². The first-order valence-corrected chi connectivity index (χ1v) is 17.3. The van der Waals surface area contributed by atoms with Crippen LogP contribution in [-0.4, -0.2) is 91.3 Å². The van der Waals surface area contributed by atoms with Crippen LogP contribution in [0.3, 0.4) is 0 Å². The molecule has 1 aliphatic heterocycles. The summed E-state index contributed by atoms with van der Waals surface area (Å²) in [4.78, 5) is 36.9. The molecule has 0 radical (unpaired) electrons. The number of hydrogen-bond donors (Lipinski definition) is 3. The Hall–Kier alpha value is -3.35. The van der Waals surface area contributed by atoms with Gasteiger partial charge in [0.05, 0.1) is 46.0 Å². The molecule has 3 rings (SSSR count). The van der Waals surface area contributed by atoms with Crippen molar-refractivity contribution < 1.29 is 33.6 Å². The summed E-state index contributed by atoms with van der Waals surface area (Å²) in [7, 11) is 0. The Kier molecular flexibility index (Phi) is 18.7. The molecule has 2 aromatic rings. The van der Waals surface area contributed by atoms with Crippen LogP contribution in [0.2, 0.25) is 0 Å².